The zero-order valence-electron chi connectivity index (χ0n) is 35.7. The topological polar surface area (TPSA) is 159 Å². The van der Waals surface area contributed by atoms with E-state index in [0.29, 0.717) is 0 Å². The molecular formula is C47H57NO14. The van der Waals surface area contributed by atoms with Gasteiger partial charge in [0.05, 0.1) is 12.7 Å². The molecule has 0 aliphatic carbocycles. The van der Waals surface area contributed by atoms with Crippen molar-refractivity contribution < 1.29 is 68.0 Å². The molecule has 15 nitrogen and oxygen atoms in total. The number of Topliss-reactive ketones (excluding diaryl/α,β-unsaturated/α-hetero) is 1. The van der Waals surface area contributed by atoms with Gasteiger partial charge in [-0.3, -0.25) is 9.69 Å². The third-order valence-electron chi connectivity index (χ3n) is 10.0. The first-order valence-electron chi connectivity index (χ1n) is 20.7. The van der Waals surface area contributed by atoms with E-state index in [9.17, 15) is 14.7 Å². The second-order valence-electron chi connectivity index (χ2n) is 16.5. The van der Waals surface area contributed by atoms with Gasteiger partial charge in [-0.15, -0.1) is 0 Å². The number of ketones is 1. The van der Waals surface area contributed by atoms with Gasteiger partial charge in [0.25, 0.3) is 0 Å². The molecular weight excluding hydrogens is 803 g/mol. The smallest absolute Gasteiger partial charge is 0.413 e. The maximum Gasteiger partial charge on any atom is 0.413 e. The molecule has 15 heteroatoms. The van der Waals surface area contributed by atoms with Crippen LogP contribution in [-0.4, -0.2) is 89.1 Å². The molecule has 334 valence electrons. The fraction of sp³-hybridized carbons (Fsp3) is 0.447. The lowest BCUT2D eigenvalue weighted by Gasteiger charge is -2.45. The Morgan fingerprint density at radius 3 is 1.56 bits per heavy atom. The van der Waals surface area contributed by atoms with Crippen molar-refractivity contribution in [3.05, 3.63) is 144 Å². The first-order valence-corrected chi connectivity index (χ1v) is 20.7. The van der Waals surface area contributed by atoms with Crippen LogP contribution in [0, 0.1) is 0 Å². The number of hydrogen-bond acceptors (Lipinski definition) is 14. The van der Waals surface area contributed by atoms with Gasteiger partial charge in [-0.2, -0.15) is 0 Å². The summed E-state index contributed by atoms with van der Waals surface area (Å²) in [5, 5.41) is 12.1. The lowest BCUT2D eigenvalue weighted by atomic mass is 9.90. The van der Waals surface area contributed by atoms with E-state index < -0.39 is 72.3 Å². The number of rotatable bonds is 21. The van der Waals surface area contributed by atoms with Gasteiger partial charge in [0.15, 0.2) is 24.1 Å². The van der Waals surface area contributed by atoms with Crippen LogP contribution in [0.25, 0.3) is 0 Å². The summed E-state index contributed by atoms with van der Waals surface area (Å²) < 4.78 is 18.1. The summed E-state index contributed by atoms with van der Waals surface area (Å²) in [5.74, 6) is -0.511. The summed E-state index contributed by atoms with van der Waals surface area (Å²) in [7, 11) is 0. The Balaban J connectivity index is 1.29. The highest BCUT2D eigenvalue weighted by atomic mass is 17.2. The second kappa shape index (κ2) is 22.6. The highest BCUT2D eigenvalue weighted by Crippen LogP contribution is 2.35. The molecule has 4 aromatic rings. The van der Waals surface area contributed by atoms with Crippen molar-refractivity contribution >= 4 is 11.9 Å². The Morgan fingerprint density at radius 1 is 0.661 bits per heavy atom. The summed E-state index contributed by atoms with van der Waals surface area (Å²) in [5.41, 5.74) is 1.27. The quantitative estimate of drug-likeness (QED) is 0.0512. The number of aliphatic hydroxyl groups is 1. The Labute approximate surface area is 362 Å². The van der Waals surface area contributed by atoms with Gasteiger partial charge >= 0.3 is 6.09 Å². The molecule has 2 aliphatic rings. The minimum absolute atomic E-state index is 0.00587. The second-order valence-corrected chi connectivity index (χ2v) is 16.5. The van der Waals surface area contributed by atoms with E-state index in [0.717, 1.165) is 22.3 Å². The van der Waals surface area contributed by atoms with Crippen LogP contribution in [0.15, 0.2) is 121 Å². The SMILES string of the molecule is CC(C)(C)OC(=O)N1[C@@H](C(=O)CC(O)[C@@H]2O[C@H](COOCc3ccccc3)[C@@H](OOCc3ccccc3)[C@H](OOCc3ccccc3)[C@H]2OOCc2ccccc2)COC1(C)C. The minimum Gasteiger partial charge on any atom is -0.444 e. The number of benzene rings is 4. The van der Waals surface area contributed by atoms with Crippen LogP contribution < -0.4 is 0 Å². The third-order valence-corrected chi connectivity index (χ3v) is 10.0. The van der Waals surface area contributed by atoms with Gasteiger partial charge in [0.1, 0.15) is 62.6 Å². The Kier molecular flexibility index (Phi) is 17.1. The normalized spacial score (nSPS) is 22.9. The zero-order chi connectivity index (χ0) is 44.0. The summed E-state index contributed by atoms with van der Waals surface area (Å²) in [6.07, 6.45) is -8.96. The van der Waals surface area contributed by atoms with Crippen molar-refractivity contribution in [3.63, 3.8) is 0 Å². The van der Waals surface area contributed by atoms with Gasteiger partial charge < -0.3 is 19.3 Å². The molecule has 2 aliphatic heterocycles. The molecule has 4 aromatic carbocycles. The number of aliphatic hydroxyl groups excluding tert-OH is 1. The standard InChI is InChI=1S/C47H57NO14/c1-46(2,3)59-45(51)48-37(31-52-47(48,4)5)38(49)26-39(50)41-43(61-56-29-35-22-14-8-15-23-35)44(62-57-30-36-24-16-9-17-25-36)42(60-55-28-34-20-12-7-13-21-34)40(58-41)32-54-53-27-33-18-10-6-11-19-33/h6-25,37,39-44,50H,26-32H2,1-5H3/t37-,39?,40-,41+,42-,43+,44+/m1/s1. The van der Waals surface area contributed by atoms with Crippen LogP contribution in [0.2, 0.25) is 0 Å². The Hall–Kier alpha value is -4.62. The van der Waals surface area contributed by atoms with Crippen LogP contribution in [0.5, 0.6) is 0 Å². The molecule has 1 unspecified atom stereocenters. The lowest BCUT2D eigenvalue weighted by Crippen LogP contribution is -2.64. The summed E-state index contributed by atoms with van der Waals surface area (Å²) >= 11 is 0. The average molecular weight is 860 g/mol. The van der Waals surface area contributed by atoms with Gasteiger partial charge in [-0.25, -0.2) is 43.9 Å². The Bertz CT molecular complexity index is 1930. The van der Waals surface area contributed by atoms with E-state index in [4.69, 9.17) is 53.3 Å². The predicted molar refractivity (Wildman–Crippen MR) is 222 cm³/mol. The summed E-state index contributed by atoms with van der Waals surface area (Å²) in [4.78, 5) is 76.0. The molecule has 0 saturated carbocycles. The number of nitrogens with zero attached hydrogens (tertiary/aromatic N) is 1. The molecule has 1 N–H and O–H groups in total. The number of amides is 1. The van der Waals surface area contributed by atoms with E-state index in [-0.39, 0.29) is 39.6 Å². The van der Waals surface area contributed by atoms with Gasteiger partial charge in [0.2, 0.25) is 0 Å². The Morgan fingerprint density at radius 2 is 1.10 bits per heavy atom. The number of carbonyl (C=O) groups excluding carboxylic acids is 2. The third kappa shape index (κ3) is 13.7. The van der Waals surface area contributed by atoms with Crippen LogP contribution in [0.3, 0.4) is 0 Å². The van der Waals surface area contributed by atoms with Crippen molar-refractivity contribution in [3.8, 4) is 0 Å². The summed E-state index contributed by atoms with van der Waals surface area (Å²) in [6, 6.07) is 36.4. The van der Waals surface area contributed by atoms with Crippen molar-refractivity contribution in [1.82, 2.24) is 4.90 Å². The maximum atomic E-state index is 14.2. The monoisotopic (exact) mass is 859 g/mol. The van der Waals surface area contributed by atoms with E-state index in [2.05, 4.69) is 0 Å². The molecule has 7 atom stereocenters. The highest BCUT2D eigenvalue weighted by Gasteiger charge is 2.55. The van der Waals surface area contributed by atoms with Crippen LogP contribution in [0.1, 0.15) is 63.3 Å². The first kappa shape index (κ1) is 46.9. The average Bonchev–Trinajstić information content (AvgIpc) is 3.59. The maximum absolute atomic E-state index is 14.2. The molecule has 0 radical (unpaired) electrons. The predicted octanol–water partition coefficient (Wildman–Crippen LogP) is 7.15. The molecule has 0 aromatic heterocycles. The molecule has 2 heterocycles. The van der Waals surface area contributed by atoms with Gasteiger partial charge in [0, 0.05) is 6.42 Å². The van der Waals surface area contributed by atoms with Crippen molar-refractivity contribution in [1.29, 1.82) is 0 Å². The van der Waals surface area contributed by atoms with E-state index in [1.165, 1.54) is 4.90 Å². The van der Waals surface area contributed by atoms with Crippen LogP contribution >= 0.6 is 0 Å². The molecule has 1 amide bonds. The first-order chi connectivity index (χ1) is 29.9. The van der Waals surface area contributed by atoms with Gasteiger partial charge in [-0.1, -0.05) is 121 Å². The fourth-order valence-corrected chi connectivity index (χ4v) is 6.94. The molecule has 2 fully saturated rings. The molecule has 2 saturated heterocycles. The van der Waals surface area contributed by atoms with Crippen molar-refractivity contribution in [2.45, 2.75) is 121 Å². The highest BCUT2D eigenvalue weighted by molar-refractivity contribution is 5.88. The number of hydrogen-bond donors (Lipinski definition) is 1. The van der Waals surface area contributed by atoms with Crippen LogP contribution in [-0.2, 0) is 84.5 Å². The lowest BCUT2D eigenvalue weighted by molar-refractivity contribution is -0.474. The molecule has 0 spiro atoms. The van der Waals surface area contributed by atoms with Gasteiger partial charge in [-0.05, 0) is 56.9 Å². The van der Waals surface area contributed by atoms with Crippen LogP contribution in [0.4, 0.5) is 4.79 Å². The molecule has 62 heavy (non-hydrogen) atoms. The number of carbonyl (C=O) groups is 2. The zero-order valence-corrected chi connectivity index (χ0v) is 35.7. The van der Waals surface area contributed by atoms with E-state index in [1.807, 2.05) is 121 Å². The van der Waals surface area contributed by atoms with E-state index >= 15 is 0 Å². The number of ether oxygens (including phenoxy) is 3. The van der Waals surface area contributed by atoms with Crippen molar-refractivity contribution in [2.75, 3.05) is 13.2 Å². The molecule has 6 rings (SSSR count). The van der Waals surface area contributed by atoms with E-state index in [1.54, 1.807) is 34.6 Å². The minimum atomic E-state index is -1.57. The molecule has 0 bridgehead atoms. The largest absolute Gasteiger partial charge is 0.444 e. The van der Waals surface area contributed by atoms with Crippen molar-refractivity contribution in [2.24, 2.45) is 0 Å². The fourth-order valence-electron chi connectivity index (χ4n) is 6.94. The summed E-state index contributed by atoms with van der Waals surface area (Å²) in [6.45, 7) is 8.36.